The van der Waals surface area contributed by atoms with Crippen molar-refractivity contribution in [1.82, 2.24) is 4.72 Å². The Balaban J connectivity index is 2.55. The van der Waals surface area contributed by atoms with Crippen LogP contribution in [-0.2, 0) is 24.3 Å². The lowest BCUT2D eigenvalue weighted by molar-refractivity contribution is -0.139. The maximum absolute atomic E-state index is 11.8. The molecule has 1 amide bonds. The van der Waals surface area contributed by atoms with Crippen LogP contribution in [0.25, 0.3) is 0 Å². The predicted molar refractivity (Wildman–Crippen MR) is 65.7 cm³/mol. The molecule has 9 heteroatoms. The zero-order valence-electron chi connectivity index (χ0n) is 10.4. The summed E-state index contributed by atoms with van der Waals surface area (Å²) in [5.74, 6) is -2.28. The molecule has 0 bridgehead atoms. The second kappa shape index (κ2) is 6.83. The number of carbonyl (C=O) groups excluding carboxylic acids is 1. The Morgan fingerprint density at radius 3 is 2.63 bits per heavy atom. The van der Waals surface area contributed by atoms with Crippen molar-refractivity contribution in [2.45, 2.75) is 37.8 Å². The monoisotopic (exact) mass is 294 g/mol. The van der Waals surface area contributed by atoms with Crippen molar-refractivity contribution in [3.8, 4) is 0 Å². The molecule has 1 fully saturated rings. The van der Waals surface area contributed by atoms with Gasteiger partial charge in [0.1, 0.15) is 6.04 Å². The highest BCUT2D eigenvalue weighted by molar-refractivity contribution is 7.89. The van der Waals surface area contributed by atoms with Gasteiger partial charge in [-0.25, -0.2) is 13.1 Å². The molecule has 0 aromatic heterocycles. The van der Waals surface area contributed by atoms with Gasteiger partial charge < -0.3 is 15.6 Å². The number of ether oxygens (including phenoxy) is 1. The van der Waals surface area contributed by atoms with E-state index in [0.29, 0.717) is 13.0 Å². The maximum Gasteiger partial charge on any atom is 0.321 e. The fourth-order valence-corrected chi connectivity index (χ4v) is 3.31. The SMILES string of the molecule is NC(=O)CC[C@@H](NS(=O)(=O)CC1CCCO1)C(=O)O. The highest BCUT2D eigenvalue weighted by Crippen LogP contribution is 2.14. The largest absolute Gasteiger partial charge is 0.480 e. The Labute approximate surface area is 111 Å². The average molecular weight is 294 g/mol. The van der Waals surface area contributed by atoms with Crippen molar-refractivity contribution < 1.29 is 27.9 Å². The van der Waals surface area contributed by atoms with Crippen molar-refractivity contribution in [2.75, 3.05) is 12.4 Å². The zero-order chi connectivity index (χ0) is 14.5. The maximum atomic E-state index is 11.8. The van der Waals surface area contributed by atoms with Gasteiger partial charge in [0.05, 0.1) is 11.9 Å². The van der Waals surface area contributed by atoms with Gasteiger partial charge in [0, 0.05) is 13.0 Å². The predicted octanol–water partition coefficient (Wildman–Crippen LogP) is -1.20. The molecule has 19 heavy (non-hydrogen) atoms. The number of primary amides is 1. The fraction of sp³-hybridized carbons (Fsp3) is 0.800. The van der Waals surface area contributed by atoms with Gasteiger partial charge in [-0.2, -0.15) is 0 Å². The molecule has 1 saturated heterocycles. The summed E-state index contributed by atoms with van der Waals surface area (Å²) in [6, 6.07) is -1.35. The van der Waals surface area contributed by atoms with Gasteiger partial charge in [0.25, 0.3) is 0 Å². The summed E-state index contributed by atoms with van der Waals surface area (Å²) in [6.45, 7) is 0.518. The first-order chi connectivity index (χ1) is 8.80. The van der Waals surface area contributed by atoms with Gasteiger partial charge in [0.2, 0.25) is 15.9 Å². The molecule has 0 spiro atoms. The third-order valence-electron chi connectivity index (χ3n) is 2.73. The van der Waals surface area contributed by atoms with Crippen LogP contribution >= 0.6 is 0 Å². The van der Waals surface area contributed by atoms with Gasteiger partial charge in [-0.15, -0.1) is 0 Å². The van der Waals surface area contributed by atoms with Crippen LogP contribution in [0.2, 0.25) is 0 Å². The highest BCUT2D eigenvalue weighted by atomic mass is 32.2. The quantitative estimate of drug-likeness (QED) is 0.514. The molecule has 1 heterocycles. The average Bonchev–Trinajstić information content (AvgIpc) is 2.75. The van der Waals surface area contributed by atoms with Crippen LogP contribution in [0.4, 0.5) is 0 Å². The number of amides is 1. The van der Waals surface area contributed by atoms with E-state index in [1.165, 1.54) is 0 Å². The van der Waals surface area contributed by atoms with Crippen molar-refractivity contribution in [3.05, 3.63) is 0 Å². The van der Waals surface area contributed by atoms with Crippen molar-refractivity contribution in [3.63, 3.8) is 0 Å². The van der Waals surface area contributed by atoms with E-state index >= 15 is 0 Å². The van der Waals surface area contributed by atoms with E-state index in [4.69, 9.17) is 15.6 Å². The Morgan fingerprint density at radius 1 is 1.47 bits per heavy atom. The van der Waals surface area contributed by atoms with E-state index < -0.39 is 34.0 Å². The number of hydrogen-bond acceptors (Lipinski definition) is 5. The molecule has 1 rings (SSSR count). The number of rotatable bonds is 8. The summed E-state index contributed by atoms with van der Waals surface area (Å²) < 4.78 is 30.8. The summed E-state index contributed by atoms with van der Waals surface area (Å²) >= 11 is 0. The number of sulfonamides is 1. The van der Waals surface area contributed by atoms with Crippen LogP contribution in [0, 0.1) is 0 Å². The number of carboxylic acids is 1. The summed E-state index contributed by atoms with van der Waals surface area (Å²) in [5, 5.41) is 8.90. The molecule has 110 valence electrons. The van der Waals surface area contributed by atoms with Crippen LogP contribution in [-0.4, -0.2) is 49.9 Å². The third-order valence-corrected chi connectivity index (χ3v) is 4.18. The minimum atomic E-state index is -3.77. The van der Waals surface area contributed by atoms with E-state index in [1.807, 2.05) is 0 Å². The van der Waals surface area contributed by atoms with Crippen molar-refractivity contribution >= 4 is 21.9 Å². The van der Waals surface area contributed by atoms with Crippen LogP contribution in [0.5, 0.6) is 0 Å². The zero-order valence-corrected chi connectivity index (χ0v) is 11.2. The first kappa shape index (κ1) is 15.9. The Kier molecular flexibility index (Phi) is 5.70. The Morgan fingerprint density at radius 2 is 2.16 bits per heavy atom. The van der Waals surface area contributed by atoms with Crippen LogP contribution < -0.4 is 10.5 Å². The van der Waals surface area contributed by atoms with E-state index in [1.54, 1.807) is 0 Å². The molecule has 2 atom stereocenters. The topological polar surface area (TPSA) is 136 Å². The van der Waals surface area contributed by atoms with Crippen molar-refractivity contribution in [1.29, 1.82) is 0 Å². The summed E-state index contributed by atoms with van der Waals surface area (Å²) in [7, 11) is -3.77. The number of nitrogens with two attached hydrogens (primary N) is 1. The number of hydrogen-bond donors (Lipinski definition) is 3. The second-order valence-corrected chi connectivity index (χ2v) is 6.23. The molecule has 1 aliphatic rings. The summed E-state index contributed by atoms with van der Waals surface area (Å²) in [6.07, 6.45) is 0.669. The molecule has 1 aliphatic heterocycles. The Bertz CT molecular complexity index is 429. The van der Waals surface area contributed by atoms with Gasteiger partial charge >= 0.3 is 5.97 Å². The number of carbonyl (C=O) groups is 2. The number of aliphatic carboxylic acids is 1. The van der Waals surface area contributed by atoms with E-state index in [-0.39, 0.29) is 18.6 Å². The molecule has 0 radical (unpaired) electrons. The number of carboxylic acid groups (broad SMARTS) is 1. The molecule has 4 N–H and O–H groups in total. The highest BCUT2D eigenvalue weighted by Gasteiger charge is 2.28. The normalized spacial score (nSPS) is 21.2. The van der Waals surface area contributed by atoms with Crippen LogP contribution in [0.3, 0.4) is 0 Å². The number of nitrogens with one attached hydrogen (secondary N) is 1. The summed E-state index contributed by atoms with van der Waals surface area (Å²) in [4.78, 5) is 21.5. The molecular weight excluding hydrogens is 276 g/mol. The minimum Gasteiger partial charge on any atom is -0.480 e. The third kappa shape index (κ3) is 5.99. The van der Waals surface area contributed by atoms with E-state index in [2.05, 4.69) is 4.72 Å². The lowest BCUT2D eigenvalue weighted by atomic mass is 10.2. The van der Waals surface area contributed by atoms with Gasteiger partial charge in [-0.1, -0.05) is 0 Å². The molecule has 0 aromatic carbocycles. The lowest BCUT2D eigenvalue weighted by Gasteiger charge is -2.16. The first-order valence-electron chi connectivity index (χ1n) is 5.93. The molecule has 0 aromatic rings. The molecule has 0 aliphatic carbocycles. The van der Waals surface area contributed by atoms with Crippen LogP contribution in [0.1, 0.15) is 25.7 Å². The van der Waals surface area contributed by atoms with Gasteiger partial charge in [0.15, 0.2) is 0 Å². The smallest absolute Gasteiger partial charge is 0.321 e. The van der Waals surface area contributed by atoms with Gasteiger partial charge in [-0.05, 0) is 19.3 Å². The minimum absolute atomic E-state index is 0.171. The standard InChI is InChI=1S/C10H18N2O6S/c11-9(13)4-3-8(10(14)15)12-19(16,17)6-7-2-1-5-18-7/h7-8,12H,1-6H2,(H2,11,13)(H,14,15)/t7?,8-/m1/s1. The Hall–Kier alpha value is -1.19. The van der Waals surface area contributed by atoms with Crippen molar-refractivity contribution in [2.24, 2.45) is 5.73 Å². The fourth-order valence-electron chi connectivity index (χ4n) is 1.80. The lowest BCUT2D eigenvalue weighted by Crippen LogP contribution is -2.44. The molecule has 1 unspecified atom stereocenters. The van der Waals surface area contributed by atoms with E-state index in [0.717, 1.165) is 6.42 Å². The molecule has 8 nitrogen and oxygen atoms in total. The first-order valence-corrected chi connectivity index (χ1v) is 7.58. The molecule has 0 saturated carbocycles. The van der Waals surface area contributed by atoms with Gasteiger partial charge in [-0.3, -0.25) is 9.59 Å². The van der Waals surface area contributed by atoms with E-state index in [9.17, 15) is 18.0 Å². The molecular formula is C10H18N2O6S. The van der Waals surface area contributed by atoms with Crippen LogP contribution in [0.15, 0.2) is 0 Å². The second-order valence-electron chi connectivity index (χ2n) is 4.43. The summed E-state index contributed by atoms with van der Waals surface area (Å²) in [5.41, 5.74) is 4.91.